The molecule has 0 aliphatic heterocycles. The Bertz CT molecular complexity index is 224. The zero-order chi connectivity index (χ0) is 11.8. The number of rotatable bonds is 2. The fourth-order valence-corrected chi connectivity index (χ4v) is 1.68. The third-order valence-corrected chi connectivity index (χ3v) is 3.08. The van der Waals surface area contributed by atoms with Crippen LogP contribution in [0, 0.1) is 0 Å². The normalized spacial score (nSPS) is 14.9. The second kappa shape index (κ2) is 3.73. The first-order valence-corrected chi connectivity index (χ1v) is 4.96. The van der Waals surface area contributed by atoms with E-state index in [0.29, 0.717) is 0 Å². The maximum Gasteiger partial charge on any atom is 0.475 e. The standard InChI is InChI=1S/C5H7F6O2P/c1-3(2)13-14(12,4(6,7)8)5(9,10)11/h3H,1-2H3. The molecule has 0 radical (unpaired) electrons. The van der Waals surface area contributed by atoms with Crippen molar-refractivity contribution in [2.75, 3.05) is 0 Å². The highest BCUT2D eigenvalue weighted by Crippen LogP contribution is 2.72. The van der Waals surface area contributed by atoms with Crippen molar-refractivity contribution in [3.63, 3.8) is 0 Å². The van der Waals surface area contributed by atoms with Crippen LogP contribution in [0.4, 0.5) is 26.3 Å². The van der Waals surface area contributed by atoms with Crippen molar-refractivity contribution in [1.82, 2.24) is 0 Å². The lowest BCUT2D eigenvalue weighted by atomic mass is 10.5. The topological polar surface area (TPSA) is 26.3 Å². The third-order valence-electron chi connectivity index (χ3n) is 1.03. The monoisotopic (exact) mass is 244 g/mol. The highest BCUT2D eigenvalue weighted by atomic mass is 31.2. The molecule has 14 heavy (non-hydrogen) atoms. The van der Waals surface area contributed by atoms with Gasteiger partial charge < -0.3 is 4.52 Å². The van der Waals surface area contributed by atoms with Crippen LogP contribution in [0.5, 0.6) is 0 Å². The molecule has 0 aromatic heterocycles. The van der Waals surface area contributed by atoms with Gasteiger partial charge in [0.05, 0.1) is 6.10 Å². The van der Waals surface area contributed by atoms with Gasteiger partial charge in [-0.15, -0.1) is 0 Å². The fraction of sp³-hybridized carbons (Fsp3) is 1.00. The molecule has 0 spiro atoms. The molecule has 0 aromatic carbocycles. The van der Waals surface area contributed by atoms with E-state index in [9.17, 15) is 30.9 Å². The van der Waals surface area contributed by atoms with Crippen LogP contribution in [-0.2, 0) is 9.09 Å². The van der Waals surface area contributed by atoms with Gasteiger partial charge in [0.1, 0.15) is 0 Å². The lowest BCUT2D eigenvalue weighted by Gasteiger charge is -2.24. The van der Waals surface area contributed by atoms with Crippen molar-refractivity contribution in [1.29, 1.82) is 0 Å². The molecule has 0 heterocycles. The minimum Gasteiger partial charge on any atom is -0.313 e. The van der Waals surface area contributed by atoms with Crippen LogP contribution in [-0.4, -0.2) is 17.9 Å². The molecule has 2 nitrogen and oxygen atoms in total. The number of alkyl halides is 6. The second-order valence-electron chi connectivity index (χ2n) is 2.64. The molecule has 0 bridgehead atoms. The third kappa shape index (κ3) is 2.63. The summed E-state index contributed by atoms with van der Waals surface area (Å²) in [5.41, 5.74) is 0. The smallest absolute Gasteiger partial charge is 0.313 e. The molecule has 86 valence electrons. The second-order valence-corrected chi connectivity index (χ2v) is 4.97. The Hall–Kier alpha value is -0.230. The molecule has 0 atom stereocenters. The Balaban J connectivity index is 5.20. The summed E-state index contributed by atoms with van der Waals surface area (Å²) in [5, 5.41) is 0. The molecule has 0 saturated carbocycles. The summed E-state index contributed by atoms with van der Waals surface area (Å²) in [6.07, 6.45) is -1.43. The van der Waals surface area contributed by atoms with Crippen molar-refractivity contribution < 1.29 is 35.4 Å². The van der Waals surface area contributed by atoms with Crippen LogP contribution < -0.4 is 0 Å². The van der Waals surface area contributed by atoms with E-state index in [0.717, 1.165) is 13.8 Å². The van der Waals surface area contributed by atoms with Crippen LogP contribution in [0.1, 0.15) is 13.8 Å². The number of hydrogen-bond donors (Lipinski definition) is 0. The van der Waals surface area contributed by atoms with E-state index in [1.165, 1.54) is 0 Å². The molecule has 0 aromatic rings. The molecule has 9 heteroatoms. The largest absolute Gasteiger partial charge is 0.475 e. The Kier molecular flexibility index (Phi) is 3.67. The molecule has 0 fully saturated rings. The Labute approximate surface area is 75.7 Å². The highest BCUT2D eigenvalue weighted by Gasteiger charge is 2.70. The Morgan fingerprint density at radius 1 is 1.00 bits per heavy atom. The van der Waals surface area contributed by atoms with Gasteiger partial charge in [0.25, 0.3) is 0 Å². The average Bonchev–Trinajstić information content (AvgIpc) is 1.79. The Morgan fingerprint density at radius 2 is 1.29 bits per heavy atom. The summed E-state index contributed by atoms with van der Waals surface area (Å²) >= 11 is 0. The van der Waals surface area contributed by atoms with E-state index in [1.807, 2.05) is 0 Å². The maximum atomic E-state index is 11.9. The zero-order valence-corrected chi connectivity index (χ0v) is 8.00. The summed E-state index contributed by atoms with van der Waals surface area (Å²) < 4.78 is 85.2. The van der Waals surface area contributed by atoms with Gasteiger partial charge in [0.2, 0.25) is 0 Å². The van der Waals surface area contributed by atoms with Crippen LogP contribution in [0.3, 0.4) is 0 Å². The first-order valence-electron chi connectivity index (χ1n) is 3.34. The summed E-state index contributed by atoms with van der Waals surface area (Å²) in [5.74, 6) is -11.8. The molecule has 0 N–H and O–H groups in total. The quantitative estimate of drug-likeness (QED) is 0.546. The zero-order valence-electron chi connectivity index (χ0n) is 7.11. The van der Waals surface area contributed by atoms with E-state index in [4.69, 9.17) is 0 Å². The summed E-state index contributed by atoms with van der Waals surface area (Å²) in [6, 6.07) is 0. The molecular formula is C5H7F6O2P. The first-order chi connectivity index (χ1) is 5.92. The summed E-state index contributed by atoms with van der Waals surface area (Å²) in [6.45, 7) is 1.87. The SMILES string of the molecule is CC(C)OP(=O)(C(F)(F)F)C(F)(F)F. The van der Waals surface area contributed by atoms with Crippen molar-refractivity contribution in [2.24, 2.45) is 0 Å². The van der Waals surface area contributed by atoms with E-state index >= 15 is 0 Å². The molecule has 0 unspecified atom stereocenters. The van der Waals surface area contributed by atoms with Crippen LogP contribution in [0.15, 0.2) is 0 Å². The lowest BCUT2D eigenvalue weighted by Crippen LogP contribution is -2.25. The lowest BCUT2D eigenvalue weighted by molar-refractivity contribution is -0.115. The number of hydrogen-bond acceptors (Lipinski definition) is 2. The molecule has 0 amide bonds. The van der Waals surface area contributed by atoms with Gasteiger partial charge in [-0.2, -0.15) is 26.3 Å². The van der Waals surface area contributed by atoms with Gasteiger partial charge in [0, 0.05) is 0 Å². The van der Waals surface area contributed by atoms with Crippen molar-refractivity contribution in [3.8, 4) is 0 Å². The van der Waals surface area contributed by atoms with Crippen molar-refractivity contribution in [3.05, 3.63) is 0 Å². The van der Waals surface area contributed by atoms with Crippen molar-refractivity contribution >= 4 is 7.37 Å². The predicted molar refractivity (Wildman–Crippen MR) is 35.9 cm³/mol. The van der Waals surface area contributed by atoms with Gasteiger partial charge in [-0.25, -0.2) is 0 Å². The van der Waals surface area contributed by atoms with Gasteiger partial charge >= 0.3 is 19.2 Å². The van der Waals surface area contributed by atoms with E-state index in [-0.39, 0.29) is 0 Å². The van der Waals surface area contributed by atoms with Gasteiger partial charge in [-0.05, 0) is 13.8 Å². The average molecular weight is 244 g/mol. The minimum atomic E-state index is -6.64. The number of halogens is 6. The van der Waals surface area contributed by atoms with Gasteiger partial charge in [-0.3, -0.25) is 4.57 Å². The van der Waals surface area contributed by atoms with Gasteiger partial charge in [0.15, 0.2) is 0 Å². The highest BCUT2D eigenvalue weighted by molar-refractivity contribution is 7.61. The molecular weight excluding hydrogens is 237 g/mol. The molecule has 0 rings (SSSR count). The predicted octanol–water partition coefficient (Wildman–Crippen LogP) is 3.73. The molecule has 0 aliphatic carbocycles. The van der Waals surface area contributed by atoms with E-state index < -0.39 is 25.3 Å². The van der Waals surface area contributed by atoms with E-state index in [1.54, 1.807) is 0 Å². The molecule has 0 aliphatic rings. The first kappa shape index (κ1) is 13.8. The minimum absolute atomic E-state index is 0.935. The fourth-order valence-electron chi connectivity index (χ4n) is 0.560. The molecule has 0 saturated heterocycles. The van der Waals surface area contributed by atoms with Crippen LogP contribution in [0.2, 0.25) is 0 Å². The summed E-state index contributed by atoms with van der Waals surface area (Å²) in [7, 11) is -6.64. The van der Waals surface area contributed by atoms with Crippen LogP contribution >= 0.6 is 7.37 Å². The summed E-state index contributed by atoms with van der Waals surface area (Å²) in [4.78, 5) is 0. The Morgan fingerprint density at radius 3 is 1.36 bits per heavy atom. The van der Waals surface area contributed by atoms with E-state index in [2.05, 4.69) is 4.52 Å². The van der Waals surface area contributed by atoms with Crippen LogP contribution in [0.25, 0.3) is 0 Å². The maximum absolute atomic E-state index is 11.9. The van der Waals surface area contributed by atoms with Gasteiger partial charge in [-0.1, -0.05) is 0 Å². The van der Waals surface area contributed by atoms with Crippen molar-refractivity contribution in [2.45, 2.75) is 31.8 Å².